The number of fused-ring (bicyclic) bond motifs is 2. The first-order valence-electron chi connectivity index (χ1n) is 21.8. The number of hydrogen-bond donors (Lipinski definition) is 6. The van der Waals surface area contributed by atoms with Gasteiger partial charge in [-0.15, -0.1) is 0 Å². The fourth-order valence-corrected chi connectivity index (χ4v) is 9.96. The highest BCUT2D eigenvalue weighted by atomic mass is 32.2. The first-order valence-corrected chi connectivity index (χ1v) is 25.0. The molecule has 3 heterocycles. The maximum atomic E-state index is 11.7. The topological polar surface area (TPSA) is 223 Å². The third-order valence-electron chi connectivity index (χ3n) is 12.5. The van der Waals surface area contributed by atoms with E-state index < -0.39 is 68.4 Å². The van der Waals surface area contributed by atoms with Crippen molar-refractivity contribution in [2.24, 2.45) is 0 Å². The molecule has 1 saturated heterocycles. The number of rotatable bonds is 18. The molecular weight excluding hydrogens is 889 g/mol. The summed E-state index contributed by atoms with van der Waals surface area (Å²) in [6.07, 6.45) is 1.34. The van der Waals surface area contributed by atoms with E-state index in [1.807, 2.05) is 78.9 Å². The van der Waals surface area contributed by atoms with Crippen LogP contribution in [0.2, 0.25) is 0 Å². The van der Waals surface area contributed by atoms with Gasteiger partial charge in [-0.3, -0.25) is 9.11 Å². The number of para-hydroxylation sites is 2. The smallest absolute Gasteiger partial charge is 0.265 e. The van der Waals surface area contributed by atoms with Crippen molar-refractivity contribution in [2.75, 3.05) is 31.2 Å². The predicted octanol–water partition coefficient (Wildman–Crippen LogP) is 5.18. The third-order valence-corrected chi connectivity index (χ3v) is 14.1. The van der Waals surface area contributed by atoms with Crippen molar-refractivity contribution in [3.05, 3.63) is 131 Å². The number of nitrogens with zero attached hydrogens (tertiary/aromatic N) is 2. The van der Waals surface area contributed by atoms with E-state index in [0.717, 1.165) is 50.6 Å². The van der Waals surface area contributed by atoms with Crippen LogP contribution >= 0.6 is 0 Å². The zero-order valence-electron chi connectivity index (χ0n) is 37.3. The lowest BCUT2D eigenvalue weighted by Gasteiger charge is -2.39. The molecule has 7 rings (SSSR count). The van der Waals surface area contributed by atoms with Gasteiger partial charge in [-0.25, -0.2) is 0 Å². The van der Waals surface area contributed by atoms with Gasteiger partial charge in [0.25, 0.3) is 20.2 Å². The minimum absolute atomic E-state index is 0.147. The molecule has 352 valence electrons. The summed E-state index contributed by atoms with van der Waals surface area (Å²) in [6.45, 7) is 8.74. The first kappa shape index (κ1) is 48.8. The molecule has 0 aliphatic carbocycles. The Labute approximate surface area is 385 Å². The Bertz CT molecular complexity index is 2780. The van der Waals surface area contributed by atoms with Crippen LogP contribution in [0.5, 0.6) is 11.5 Å². The molecule has 0 bridgehead atoms. The highest BCUT2D eigenvalue weighted by Gasteiger charge is 2.46. The lowest BCUT2D eigenvalue weighted by molar-refractivity contribution is -0.437. The second kappa shape index (κ2) is 19.6. The van der Waals surface area contributed by atoms with Crippen molar-refractivity contribution in [3.8, 4) is 11.5 Å². The van der Waals surface area contributed by atoms with Gasteiger partial charge in [0.05, 0.1) is 28.9 Å². The Hall–Kier alpha value is -5.08. The molecular formula is C49H58N2O13S2+2. The molecule has 15 nitrogen and oxygen atoms in total. The minimum Gasteiger partial charge on any atom is -0.488 e. The van der Waals surface area contributed by atoms with E-state index in [9.17, 15) is 46.4 Å². The van der Waals surface area contributed by atoms with Gasteiger partial charge in [-0.05, 0) is 75.2 Å². The Morgan fingerprint density at radius 1 is 0.667 bits per heavy atom. The summed E-state index contributed by atoms with van der Waals surface area (Å²) in [5.41, 5.74) is 7.41. The van der Waals surface area contributed by atoms with Crippen molar-refractivity contribution >= 4 is 55.2 Å². The predicted molar refractivity (Wildman–Crippen MR) is 250 cm³/mol. The molecule has 0 radical (unpaired) electrons. The molecule has 3 aliphatic rings. The average molecular weight is 947 g/mol. The molecule has 4 aromatic rings. The van der Waals surface area contributed by atoms with Gasteiger partial charge in [0, 0.05) is 53.8 Å². The Kier molecular flexibility index (Phi) is 14.5. The number of allylic oxidation sites excluding steroid dienone is 2. The summed E-state index contributed by atoms with van der Waals surface area (Å²) < 4.78 is 87.6. The van der Waals surface area contributed by atoms with E-state index >= 15 is 0 Å². The molecule has 0 saturated carbocycles. The van der Waals surface area contributed by atoms with E-state index in [-0.39, 0.29) is 31.0 Å². The van der Waals surface area contributed by atoms with E-state index in [1.165, 1.54) is 0 Å². The van der Waals surface area contributed by atoms with Crippen LogP contribution < -0.4 is 9.47 Å². The summed E-state index contributed by atoms with van der Waals surface area (Å²) in [5.74, 6) is 0.128. The monoisotopic (exact) mass is 946 g/mol. The highest BCUT2D eigenvalue weighted by molar-refractivity contribution is 7.86. The molecule has 6 N–H and O–H groups in total. The van der Waals surface area contributed by atoms with Gasteiger partial charge >= 0.3 is 0 Å². The molecule has 0 spiro atoms. The van der Waals surface area contributed by atoms with Crippen LogP contribution in [0.15, 0.2) is 103 Å². The molecule has 0 amide bonds. The molecule has 66 heavy (non-hydrogen) atoms. The van der Waals surface area contributed by atoms with E-state index in [0.29, 0.717) is 24.6 Å². The minimum atomic E-state index is -4.17. The van der Waals surface area contributed by atoms with E-state index in [2.05, 4.69) is 49.0 Å². The van der Waals surface area contributed by atoms with Crippen molar-refractivity contribution < 1.29 is 69.7 Å². The van der Waals surface area contributed by atoms with Crippen LogP contribution in [0.25, 0.3) is 12.2 Å². The van der Waals surface area contributed by atoms with Crippen LogP contribution in [-0.2, 0) is 42.4 Å². The van der Waals surface area contributed by atoms with Crippen molar-refractivity contribution in [2.45, 2.75) is 88.7 Å². The fraction of sp³-hybridized carbons (Fsp3) is 0.388. The number of aliphatic hydroxyl groups is 4. The van der Waals surface area contributed by atoms with E-state index in [4.69, 9.17) is 14.2 Å². The summed E-state index contributed by atoms with van der Waals surface area (Å²) in [7, 11) is -8.31. The molecule has 0 unspecified atom stereocenters. The van der Waals surface area contributed by atoms with Crippen LogP contribution in [-0.4, -0.2) is 129 Å². The SMILES string of the molecule is CC1(C)C(/C=C/c2ccc(OCc3ccc(O[C@@H]4O[C@H](CO)[C@H](O)[C@H](O)[C@H]4O)cc3)c(/C=C/C3=[N+](CCCS(=O)(=O)O)c4ccccc4C3(C)C)c2)=[N+](CCCS(=O)(=O)O)c2ccccc21. The van der Waals surface area contributed by atoms with Gasteiger partial charge < -0.3 is 34.6 Å². The lowest BCUT2D eigenvalue weighted by atomic mass is 9.81. The van der Waals surface area contributed by atoms with Crippen molar-refractivity contribution in [1.82, 2.24) is 0 Å². The van der Waals surface area contributed by atoms with Gasteiger partial charge in [0.2, 0.25) is 17.7 Å². The van der Waals surface area contributed by atoms with Gasteiger partial charge in [0.15, 0.2) is 11.4 Å². The molecule has 5 atom stereocenters. The zero-order valence-corrected chi connectivity index (χ0v) is 38.9. The molecule has 1 fully saturated rings. The van der Waals surface area contributed by atoms with Gasteiger partial charge in [-0.2, -0.15) is 26.0 Å². The largest absolute Gasteiger partial charge is 0.488 e. The molecule has 4 aromatic carbocycles. The van der Waals surface area contributed by atoms with Crippen LogP contribution in [0.3, 0.4) is 0 Å². The third kappa shape index (κ3) is 10.9. The number of hydrogen-bond acceptors (Lipinski definition) is 11. The summed E-state index contributed by atoms with van der Waals surface area (Å²) in [6, 6.07) is 28.6. The van der Waals surface area contributed by atoms with Crippen molar-refractivity contribution in [1.29, 1.82) is 0 Å². The maximum Gasteiger partial charge on any atom is 0.265 e. The summed E-state index contributed by atoms with van der Waals surface area (Å²) >= 11 is 0. The van der Waals surface area contributed by atoms with Crippen LogP contribution in [0, 0.1) is 0 Å². The second-order valence-electron chi connectivity index (χ2n) is 17.8. The number of aliphatic hydroxyl groups excluding tert-OH is 4. The van der Waals surface area contributed by atoms with Gasteiger partial charge in [0.1, 0.15) is 55.6 Å². The molecule has 3 aliphatic heterocycles. The fourth-order valence-electron chi connectivity index (χ4n) is 8.97. The standard InChI is InChI=1S/C49H56N2O13S2/c1-48(2)36-11-5-7-13-38(36)50(25-9-27-65(56,57)58)42(48)23-18-32-17-22-40(62-31-33-15-20-35(21-16-33)63-47-46(55)45(54)44(53)41(30-52)64-47)34(29-32)19-24-43-49(3,4)37-12-6-8-14-39(37)51(43)26-10-28-66(59,60)61/h5-8,11-24,29,41,44-47,52-55H,9-10,25-28,30-31H2,1-4H3/p+2/b23-18+,24-19+/t41-,44+,45+,46-,47-/m1/s1. The van der Waals surface area contributed by atoms with Crippen LogP contribution in [0.4, 0.5) is 11.4 Å². The summed E-state index contributed by atoms with van der Waals surface area (Å²) in [4.78, 5) is 0. The molecule has 17 heteroatoms. The second-order valence-corrected chi connectivity index (χ2v) is 21.0. The number of benzene rings is 4. The lowest BCUT2D eigenvalue weighted by Crippen LogP contribution is -2.60. The van der Waals surface area contributed by atoms with Crippen molar-refractivity contribution in [3.63, 3.8) is 0 Å². The van der Waals surface area contributed by atoms with E-state index in [1.54, 1.807) is 24.3 Å². The Balaban J connectivity index is 1.21. The normalized spacial score (nSPS) is 22.6. The first-order chi connectivity index (χ1) is 31.2. The average Bonchev–Trinajstić information content (AvgIpc) is 3.62. The Morgan fingerprint density at radius 3 is 1.73 bits per heavy atom. The Morgan fingerprint density at radius 2 is 1.20 bits per heavy atom. The number of ether oxygens (including phenoxy) is 3. The maximum absolute atomic E-state index is 11.7. The quantitative estimate of drug-likeness (QED) is 0.0560. The summed E-state index contributed by atoms with van der Waals surface area (Å²) in [5, 5.41) is 40.3. The zero-order chi connectivity index (χ0) is 47.6. The van der Waals surface area contributed by atoms with Gasteiger partial charge in [-0.1, -0.05) is 54.6 Å². The highest BCUT2D eigenvalue weighted by Crippen LogP contribution is 2.42. The molecule has 0 aromatic heterocycles. The van der Waals surface area contributed by atoms with Crippen LogP contribution in [0.1, 0.15) is 68.4 Å².